The van der Waals surface area contributed by atoms with Crippen LogP contribution in [-0.2, 0) is 4.79 Å². The van der Waals surface area contributed by atoms with Crippen molar-refractivity contribution in [2.24, 2.45) is 5.73 Å². The Morgan fingerprint density at radius 2 is 2.12 bits per heavy atom. The van der Waals surface area contributed by atoms with Crippen molar-refractivity contribution in [3.05, 3.63) is 0 Å². The Morgan fingerprint density at radius 1 is 1.50 bits per heavy atom. The number of carbonyl (C=O) groups is 1. The molecule has 4 heteroatoms. The zero-order chi connectivity index (χ0) is 12.1. The van der Waals surface area contributed by atoms with E-state index in [0.717, 1.165) is 19.5 Å². The molecule has 1 amide bonds. The van der Waals surface area contributed by atoms with Crippen LogP contribution in [0.2, 0.25) is 0 Å². The Balaban J connectivity index is 2.46. The number of nitrogens with two attached hydrogens (primary N) is 1. The predicted octanol–water partition coefficient (Wildman–Crippen LogP) is 0.713. The van der Waals surface area contributed by atoms with Gasteiger partial charge in [0.25, 0.3) is 0 Å². The van der Waals surface area contributed by atoms with Crippen molar-refractivity contribution in [3.63, 3.8) is 0 Å². The van der Waals surface area contributed by atoms with Crippen molar-refractivity contribution < 1.29 is 4.79 Å². The second kappa shape index (κ2) is 6.21. The van der Waals surface area contributed by atoms with Gasteiger partial charge in [-0.25, -0.2) is 0 Å². The molecule has 4 nitrogen and oxygen atoms in total. The molecule has 1 fully saturated rings. The lowest BCUT2D eigenvalue weighted by atomic mass is 10.1. The number of nitrogens with zero attached hydrogens (tertiary/aromatic N) is 1. The van der Waals surface area contributed by atoms with Gasteiger partial charge in [-0.05, 0) is 32.7 Å². The van der Waals surface area contributed by atoms with Gasteiger partial charge in [0.1, 0.15) is 0 Å². The Labute approximate surface area is 98.6 Å². The number of hydrogen-bond acceptors (Lipinski definition) is 3. The quantitative estimate of drug-likeness (QED) is 0.642. The molecule has 0 spiro atoms. The van der Waals surface area contributed by atoms with Crippen LogP contribution in [0.4, 0.5) is 0 Å². The number of nitrogens with one attached hydrogen (secondary N) is 1. The summed E-state index contributed by atoms with van der Waals surface area (Å²) < 4.78 is 0. The molecule has 1 aliphatic rings. The SMILES string of the molecule is CCC(C)N(CC)CC(NC1CC1)C(N)=O. The normalized spacial score (nSPS) is 19.8. The zero-order valence-electron chi connectivity index (χ0n) is 10.7. The third-order valence-corrected chi connectivity index (χ3v) is 3.40. The summed E-state index contributed by atoms with van der Waals surface area (Å²) in [6.45, 7) is 8.18. The number of amides is 1. The molecule has 3 N–H and O–H groups in total. The van der Waals surface area contributed by atoms with E-state index in [2.05, 4.69) is 31.0 Å². The van der Waals surface area contributed by atoms with Gasteiger partial charge in [-0.2, -0.15) is 0 Å². The summed E-state index contributed by atoms with van der Waals surface area (Å²) >= 11 is 0. The van der Waals surface area contributed by atoms with Crippen LogP contribution in [0.5, 0.6) is 0 Å². The fraction of sp³-hybridized carbons (Fsp3) is 0.917. The molecule has 2 unspecified atom stereocenters. The standard InChI is InChI=1S/C12H25N3O/c1-4-9(3)15(5-2)8-11(12(13)16)14-10-6-7-10/h9-11,14H,4-8H2,1-3H3,(H2,13,16). The van der Waals surface area contributed by atoms with E-state index in [1.54, 1.807) is 0 Å². The molecule has 0 saturated heterocycles. The van der Waals surface area contributed by atoms with E-state index in [-0.39, 0.29) is 11.9 Å². The minimum atomic E-state index is -0.228. The molecule has 2 atom stereocenters. The average Bonchev–Trinajstić information content (AvgIpc) is 3.06. The van der Waals surface area contributed by atoms with Crippen LogP contribution in [0.25, 0.3) is 0 Å². The minimum Gasteiger partial charge on any atom is -0.368 e. The summed E-state index contributed by atoms with van der Waals surface area (Å²) in [4.78, 5) is 13.7. The smallest absolute Gasteiger partial charge is 0.235 e. The van der Waals surface area contributed by atoms with E-state index in [0.29, 0.717) is 12.1 Å². The molecule has 1 rings (SSSR count). The second-order valence-electron chi connectivity index (χ2n) is 4.74. The highest BCUT2D eigenvalue weighted by Gasteiger charge is 2.28. The molecule has 1 saturated carbocycles. The van der Waals surface area contributed by atoms with Gasteiger partial charge in [-0.3, -0.25) is 9.69 Å². The summed E-state index contributed by atoms with van der Waals surface area (Å²) in [5.74, 6) is -0.228. The predicted molar refractivity (Wildman–Crippen MR) is 66.1 cm³/mol. The first kappa shape index (κ1) is 13.5. The summed E-state index contributed by atoms with van der Waals surface area (Å²) in [7, 11) is 0. The summed E-state index contributed by atoms with van der Waals surface area (Å²) in [5.41, 5.74) is 5.43. The van der Waals surface area contributed by atoms with Crippen LogP contribution < -0.4 is 11.1 Å². The van der Waals surface area contributed by atoms with Crippen LogP contribution in [-0.4, -0.2) is 42.0 Å². The average molecular weight is 227 g/mol. The fourth-order valence-electron chi connectivity index (χ4n) is 1.87. The van der Waals surface area contributed by atoms with Gasteiger partial charge in [0.05, 0.1) is 6.04 Å². The molecule has 0 aromatic carbocycles. The Morgan fingerprint density at radius 3 is 2.50 bits per heavy atom. The van der Waals surface area contributed by atoms with E-state index in [1.165, 1.54) is 12.8 Å². The van der Waals surface area contributed by atoms with Gasteiger partial charge in [-0.1, -0.05) is 13.8 Å². The van der Waals surface area contributed by atoms with Crippen molar-refractivity contribution in [2.45, 2.75) is 58.2 Å². The summed E-state index contributed by atoms with van der Waals surface area (Å²) in [6, 6.07) is 0.836. The van der Waals surface area contributed by atoms with Crippen molar-refractivity contribution in [3.8, 4) is 0 Å². The minimum absolute atomic E-state index is 0.193. The van der Waals surface area contributed by atoms with Crippen molar-refractivity contribution >= 4 is 5.91 Å². The molecule has 0 radical (unpaired) electrons. The molecular formula is C12H25N3O. The van der Waals surface area contributed by atoms with Gasteiger partial charge in [0.15, 0.2) is 0 Å². The van der Waals surface area contributed by atoms with Crippen LogP contribution in [0.3, 0.4) is 0 Å². The Bertz CT molecular complexity index is 228. The topological polar surface area (TPSA) is 58.4 Å². The molecule has 0 bridgehead atoms. The first-order chi connectivity index (χ1) is 7.58. The third-order valence-electron chi connectivity index (χ3n) is 3.40. The van der Waals surface area contributed by atoms with Gasteiger partial charge < -0.3 is 11.1 Å². The molecular weight excluding hydrogens is 202 g/mol. The molecule has 0 aromatic rings. The second-order valence-corrected chi connectivity index (χ2v) is 4.74. The monoisotopic (exact) mass is 227 g/mol. The number of primary amides is 1. The molecule has 0 aliphatic heterocycles. The molecule has 0 aromatic heterocycles. The van der Waals surface area contributed by atoms with Gasteiger partial charge >= 0.3 is 0 Å². The first-order valence-corrected chi connectivity index (χ1v) is 6.37. The van der Waals surface area contributed by atoms with E-state index < -0.39 is 0 Å². The highest BCUT2D eigenvalue weighted by atomic mass is 16.1. The number of rotatable bonds is 8. The lowest BCUT2D eigenvalue weighted by molar-refractivity contribution is -0.120. The van der Waals surface area contributed by atoms with Gasteiger partial charge in [0.2, 0.25) is 5.91 Å². The number of likely N-dealkylation sites (N-methyl/N-ethyl adjacent to an activating group) is 1. The molecule has 16 heavy (non-hydrogen) atoms. The maximum absolute atomic E-state index is 11.4. The van der Waals surface area contributed by atoms with Crippen LogP contribution in [0, 0.1) is 0 Å². The number of carbonyl (C=O) groups excluding carboxylic acids is 1. The molecule has 1 aliphatic carbocycles. The van der Waals surface area contributed by atoms with Crippen molar-refractivity contribution in [1.29, 1.82) is 0 Å². The highest BCUT2D eigenvalue weighted by Crippen LogP contribution is 2.19. The molecule has 0 heterocycles. The van der Waals surface area contributed by atoms with E-state index in [9.17, 15) is 4.79 Å². The number of hydrogen-bond donors (Lipinski definition) is 2. The first-order valence-electron chi connectivity index (χ1n) is 6.37. The lowest BCUT2D eigenvalue weighted by Gasteiger charge is -2.30. The zero-order valence-corrected chi connectivity index (χ0v) is 10.7. The highest BCUT2D eigenvalue weighted by molar-refractivity contribution is 5.80. The van der Waals surface area contributed by atoms with E-state index in [4.69, 9.17) is 5.73 Å². The third kappa shape index (κ3) is 4.10. The van der Waals surface area contributed by atoms with Gasteiger partial charge in [-0.15, -0.1) is 0 Å². The summed E-state index contributed by atoms with van der Waals surface area (Å²) in [6.07, 6.45) is 3.46. The molecule has 94 valence electrons. The Kier molecular flexibility index (Phi) is 5.22. The van der Waals surface area contributed by atoms with Crippen LogP contribution in [0.15, 0.2) is 0 Å². The van der Waals surface area contributed by atoms with Crippen LogP contribution >= 0.6 is 0 Å². The maximum atomic E-state index is 11.4. The maximum Gasteiger partial charge on any atom is 0.235 e. The van der Waals surface area contributed by atoms with Crippen molar-refractivity contribution in [1.82, 2.24) is 10.2 Å². The lowest BCUT2D eigenvalue weighted by Crippen LogP contribution is -2.51. The van der Waals surface area contributed by atoms with Crippen LogP contribution in [0.1, 0.15) is 40.0 Å². The van der Waals surface area contributed by atoms with Gasteiger partial charge in [0, 0.05) is 18.6 Å². The Hall–Kier alpha value is -0.610. The largest absolute Gasteiger partial charge is 0.368 e. The fourth-order valence-corrected chi connectivity index (χ4v) is 1.87. The van der Waals surface area contributed by atoms with E-state index in [1.807, 2.05) is 0 Å². The van der Waals surface area contributed by atoms with Crippen molar-refractivity contribution in [2.75, 3.05) is 13.1 Å². The summed E-state index contributed by atoms with van der Waals surface area (Å²) in [5, 5.41) is 3.32. The van der Waals surface area contributed by atoms with E-state index >= 15 is 0 Å².